The first-order valence-corrected chi connectivity index (χ1v) is 6.29. The summed E-state index contributed by atoms with van der Waals surface area (Å²) in [6, 6.07) is 14.5. The zero-order valence-electron chi connectivity index (χ0n) is 10.4. The van der Waals surface area contributed by atoms with Crippen LogP contribution in [0.25, 0.3) is 0 Å². The van der Waals surface area contributed by atoms with Crippen molar-refractivity contribution in [2.75, 3.05) is 6.54 Å². The van der Waals surface area contributed by atoms with E-state index in [1.54, 1.807) is 6.26 Å². The molecule has 2 heterocycles. The lowest BCUT2D eigenvalue weighted by atomic mass is 10.1. The molecule has 94 valence electrons. The number of hydrogen-bond donors (Lipinski definition) is 1. The van der Waals surface area contributed by atoms with Crippen LogP contribution in [0.2, 0.25) is 0 Å². The van der Waals surface area contributed by atoms with Crippen LogP contribution in [0.5, 0.6) is 0 Å². The van der Waals surface area contributed by atoms with Crippen molar-refractivity contribution in [3.63, 3.8) is 0 Å². The van der Waals surface area contributed by atoms with Gasteiger partial charge in [-0.3, -0.25) is 4.90 Å². The summed E-state index contributed by atoms with van der Waals surface area (Å²) in [4.78, 5) is 2.28. The lowest BCUT2D eigenvalue weighted by molar-refractivity contribution is 0.127. The Morgan fingerprint density at radius 1 is 1.22 bits per heavy atom. The average molecular weight is 243 g/mol. The average Bonchev–Trinajstić information content (AvgIpc) is 3.03. The van der Waals surface area contributed by atoms with Gasteiger partial charge in [-0.05, 0) is 24.6 Å². The van der Waals surface area contributed by atoms with Crippen molar-refractivity contribution >= 4 is 0 Å². The largest absolute Gasteiger partial charge is 0.467 e. The molecule has 2 aromatic rings. The Labute approximate surface area is 107 Å². The number of rotatable bonds is 4. The van der Waals surface area contributed by atoms with Gasteiger partial charge < -0.3 is 9.52 Å². The van der Waals surface area contributed by atoms with Crippen molar-refractivity contribution < 1.29 is 9.52 Å². The van der Waals surface area contributed by atoms with Crippen molar-refractivity contribution in [1.82, 2.24) is 4.90 Å². The zero-order chi connectivity index (χ0) is 12.5. The maximum Gasteiger partial charge on any atom is 0.133 e. The molecule has 0 aliphatic carbocycles. The third-order valence-electron chi connectivity index (χ3n) is 3.67. The number of hydrogen-bond acceptors (Lipinski definition) is 3. The van der Waals surface area contributed by atoms with E-state index >= 15 is 0 Å². The van der Waals surface area contributed by atoms with Crippen LogP contribution >= 0.6 is 0 Å². The van der Waals surface area contributed by atoms with Crippen molar-refractivity contribution in [3.05, 3.63) is 60.1 Å². The van der Waals surface area contributed by atoms with E-state index in [0.29, 0.717) is 11.8 Å². The standard InChI is InChI=1S/C15H17NO2/c1-11(12-6-3-2-4-7-12)16-10-13(16)15(17)14-8-5-9-18-14/h2-9,11,13,15,17H,10H2,1H3/t11-,13+,15+,16?/m1/s1. The molecule has 18 heavy (non-hydrogen) atoms. The Morgan fingerprint density at radius 2 is 2.00 bits per heavy atom. The second-order valence-corrected chi connectivity index (χ2v) is 4.81. The van der Waals surface area contributed by atoms with Crippen LogP contribution < -0.4 is 0 Å². The quantitative estimate of drug-likeness (QED) is 0.839. The van der Waals surface area contributed by atoms with Crippen LogP contribution in [0.3, 0.4) is 0 Å². The molecule has 1 fully saturated rings. The van der Waals surface area contributed by atoms with E-state index in [2.05, 4.69) is 24.0 Å². The van der Waals surface area contributed by atoms with Crippen LogP contribution in [-0.2, 0) is 0 Å². The molecule has 3 heteroatoms. The molecule has 1 aliphatic heterocycles. The van der Waals surface area contributed by atoms with E-state index in [0.717, 1.165) is 6.54 Å². The lowest BCUT2D eigenvalue weighted by Crippen LogP contribution is -2.14. The van der Waals surface area contributed by atoms with Crippen molar-refractivity contribution in [3.8, 4) is 0 Å². The van der Waals surface area contributed by atoms with E-state index < -0.39 is 6.10 Å². The fraction of sp³-hybridized carbons (Fsp3) is 0.333. The highest BCUT2D eigenvalue weighted by atomic mass is 16.4. The molecule has 1 unspecified atom stereocenters. The molecule has 0 bridgehead atoms. The topological polar surface area (TPSA) is 36.4 Å². The minimum atomic E-state index is -0.522. The molecule has 0 amide bonds. The maximum absolute atomic E-state index is 10.2. The van der Waals surface area contributed by atoms with E-state index in [9.17, 15) is 5.11 Å². The number of aliphatic hydroxyl groups is 1. The van der Waals surface area contributed by atoms with Crippen LogP contribution in [-0.4, -0.2) is 22.6 Å². The number of furan rings is 1. The molecule has 1 aromatic carbocycles. The third-order valence-corrected chi connectivity index (χ3v) is 3.67. The Balaban J connectivity index is 1.67. The second kappa shape index (κ2) is 4.59. The summed E-state index contributed by atoms with van der Waals surface area (Å²) in [5.74, 6) is 0.655. The lowest BCUT2D eigenvalue weighted by Gasteiger charge is -2.16. The molecule has 3 rings (SSSR count). The fourth-order valence-electron chi connectivity index (χ4n) is 2.47. The van der Waals surface area contributed by atoms with Gasteiger partial charge >= 0.3 is 0 Å². The van der Waals surface area contributed by atoms with Gasteiger partial charge in [0.1, 0.15) is 11.9 Å². The third kappa shape index (κ3) is 2.07. The normalized spacial score (nSPS) is 25.7. The Hall–Kier alpha value is -1.58. The molecular weight excluding hydrogens is 226 g/mol. The highest BCUT2D eigenvalue weighted by Crippen LogP contribution is 2.38. The molecule has 1 aromatic heterocycles. The first kappa shape index (κ1) is 11.5. The first-order chi connectivity index (χ1) is 8.77. The van der Waals surface area contributed by atoms with Crippen LogP contribution in [0, 0.1) is 0 Å². The summed E-state index contributed by atoms with van der Waals surface area (Å²) < 4.78 is 5.25. The summed E-state index contributed by atoms with van der Waals surface area (Å²) in [5, 5.41) is 10.2. The Morgan fingerprint density at radius 3 is 2.67 bits per heavy atom. The highest BCUT2D eigenvalue weighted by Gasteiger charge is 2.44. The molecule has 1 saturated heterocycles. The Kier molecular flexibility index (Phi) is 2.94. The van der Waals surface area contributed by atoms with Crippen molar-refractivity contribution in [1.29, 1.82) is 0 Å². The summed E-state index contributed by atoms with van der Waals surface area (Å²) in [6.45, 7) is 3.09. The molecule has 1 aliphatic rings. The highest BCUT2D eigenvalue weighted by molar-refractivity contribution is 5.21. The molecule has 0 saturated carbocycles. The van der Waals surface area contributed by atoms with Crippen molar-refractivity contribution in [2.24, 2.45) is 0 Å². The molecule has 4 atom stereocenters. The van der Waals surface area contributed by atoms with Gasteiger partial charge in [0.2, 0.25) is 0 Å². The van der Waals surface area contributed by atoms with Gasteiger partial charge in [0.15, 0.2) is 0 Å². The maximum atomic E-state index is 10.2. The SMILES string of the molecule is C[C@H](c1ccccc1)N1C[C@H]1[C@H](O)c1ccco1. The van der Waals surface area contributed by atoms with Gasteiger partial charge in [-0.2, -0.15) is 0 Å². The molecule has 0 radical (unpaired) electrons. The Bertz CT molecular complexity index is 494. The van der Waals surface area contributed by atoms with E-state index in [-0.39, 0.29) is 6.04 Å². The van der Waals surface area contributed by atoms with Crippen LogP contribution in [0.1, 0.15) is 30.4 Å². The monoisotopic (exact) mass is 243 g/mol. The van der Waals surface area contributed by atoms with E-state index in [1.807, 2.05) is 30.3 Å². The van der Waals surface area contributed by atoms with Gasteiger partial charge in [-0.25, -0.2) is 0 Å². The predicted octanol–water partition coefficient (Wildman–Crippen LogP) is 2.76. The zero-order valence-corrected chi connectivity index (χ0v) is 10.4. The smallest absolute Gasteiger partial charge is 0.133 e. The van der Waals surface area contributed by atoms with Crippen molar-refractivity contribution in [2.45, 2.75) is 25.1 Å². The summed E-state index contributed by atoms with van der Waals surface area (Å²) in [7, 11) is 0. The second-order valence-electron chi connectivity index (χ2n) is 4.81. The van der Waals surface area contributed by atoms with Gasteiger partial charge in [0.25, 0.3) is 0 Å². The minimum Gasteiger partial charge on any atom is -0.467 e. The number of aliphatic hydroxyl groups excluding tert-OH is 1. The molecule has 0 spiro atoms. The first-order valence-electron chi connectivity index (χ1n) is 6.29. The molecular formula is C15H17NO2. The molecule has 1 N–H and O–H groups in total. The van der Waals surface area contributed by atoms with Gasteiger partial charge in [0.05, 0.1) is 12.3 Å². The summed E-state index contributed by atoms with van der Waals surface area (Å²) in [5.41, 5.74) is 1.28. The number of benzene rings is 1. The fourth-order valence-corrected chi connectivity index (χ4v) is 2.47. The summed E-state index contributed by atoms with van der Waals surface area (Å²) >= 11 is 0. The van der Waals surface area contributed by atoms with E-state index in [1.165, 1.54) is 5.56 Å². The van der Waals surface area contributed by atoms with Crippen LogP contribution in [0.15, 0.2) is 53.1 Å². The van der Waals surface area contributed by atoms with Crippen LogP contribution in [0.4, 0.5) is 0 Å². The van der Waals surface area contributed by atoms with Gasteiger partial charge in [-0.15, -0.1) is 0 Å². The molecule has 3 nitrogen and oxygen atoms in total. The predicted molar refractivity (Wildman–Crippen MR) is 69.0 cm³/mol. The summed E-state index contributed by atoms with van der Waals surface area (Å²) in [6.07, 6.45) is 1.08. The minimum absolute atomic E-state index is 0.173. The number of nitrogens with zero attached hydrogens (tertiary/aromatic N) is 1. The van der Waals surface area contributed by atoms with E-state index in [4.69, 9.17) is 4.42 Å². The van der Waals surface area contributed by atoms with Gasteiger partial charge in [0, 0.05) is 12.6 Å². The van der Waals surface area contributed by atoms with Gasteiger partial charge in [-0.1, -0.05) is 30.3 Å².